The summed E-state index contributed by atoms with van der Waals surface area (Å²) < 4.78 is 0. The van der Waals surface area contributed by atoms with Crippen LogP contribution in [0, 0.1) is 10.8 Å². The van der Waals surface area contributed by atoms with Crippen molar-refractivity contribution < 1.29 is 0 Å². The Balaban J connectivity index is 1.96. The van der Waals surface area contributed by atoms with E-state index in [4.69, 9.17) is 10.8 Å². The van der Waals surface area contributed by atoms with E-state index < -0.39 is 0 Å². The zero-order valence-electron chi connectivity index (χ0n) is 11.8. The molecule has 0 saturated carbocycles. The number of aromatic nitrogens is 1. The van der Waals surface area contributed by atoms with Gasteiger partial charge in [-0.05, 0) is 25.1 Å². The fourth-order valence-corrected chi connectivity index (χ4v) is 2.71. The number of nitrogens with zero attached hydrogens (tertiary/aromatic N) is 3. The van der Waals surface area contributed by atoms with Crippen LogP contribution in [0.1, 0.15) is 12.0 Å². The Hall–Kier alpha value is -2.34. The van der Waals surface area contributed by atoms with Crippen LogP contribution in [0.5, 0.6) is 0 Å². The molecule has 0 radical (unpaired) electrons. The molecule has 1 fully saturated rings. The zero-order chi connectivity index (χ0) is 14.7. The lowest BCUT2D eigenvalue weighted by Gasteiger charge is -2.29. The molecular weight excluding hydrogens is 264 g/mol. The van der Waals surface area contributed by atoms with E-state index >= 15 is 0 Å². The van der Waals surface area contributed by atoms with E-state index in [0.29, 0.717) is 5.57 Å². The topological polar surface area (TPSA) is 88.2 Å². The summed E-state index contributed by atoms with van der Waals surface area (Å²) in [6.45, 7) is 3.98. The van der Waals surface area contributed by atoms with Crippen LogP contribution in [0.3, 0.4) is 0 Å². The van der Waals surface area contributed by atoms with Crippen molar-refractivity contribution >= 4 is 29.6 Å². The minimum atomic E-state index is 0.652. The summed E-state index contributed by atoms with van der Waals surface area (Å²) in [5.41, 5.74) is 3.56. The molecule has 0 amide bonds. The van der Waals surface area contributed by atoms with Crippen molar-refractivity contribution in [1.29, 1.82) is 10.8 Å². The van der Waals surface area contributed by atoms with Gasteiger partial charge in [0.25, 0.3) is 0 Å². The molecule has 2 aliphatic heterocycles. The zero-order valence-corrected chi connectivity index (χ0v) is 11.8. The lowest BCUT2D eigenvalue weighted by atomic mass is 9.96. The molecule has 3 N–H and O–H groups in total. The van der Waals surface area contributed by atoms with E-state index in [1.807, 2.05) is 6.07 Å². The molecule has 0 unspecified atom stereocenters. The molecule has 3 heterocycles. The Labute approximate surface area is 123 Å². The van der Waals surface area contributed by atoms with Crippen molar-refractivity contribution in [3.63, 3.8) is 0 Å². The molecule has 6 nitrogen and oxygen atoms in total. The Morgan fingerprint density at radius 2 is 2.19 bits per heavy atom. The third-order valence-corrected chi connectivity index (χ3v) is 3.74. The van der Waals surface area contributed by atoms with Crippen molar-refractivity contribution in [2.45, 2.75) is 6.42 Å². The molecule has 0 spiro atoms. The third kappa shape index (κ3) is 2.50. The Bertz CT molecular complexity index is 623. The summed E-state index contributed by atoms with van der Waals surface area (Å²) in [6, 6.07) is 2.02. The number of hydrogen-bond acceptors (Lipinski definition) is 6. The maximum absolute atomic E-state index is 7.50. The van der Waals surface area contributed by atoms with Crippen LogP contribution >= 0.6 is 0 Å². The lowest BCUT2D eigenvalue weighted by molar-refractivity contribution is 0.724. The maximum Gasteiger partial charge on any atom is 0.164 e. The van der Waals surface area contributed by atoms with Crippen LogP contribution in [0.25, 0.3) is 0 Å². The number of pyridine rings is 1. The Morgan fingerprint density at radius 3 is 3.00 bits per heavy atom. The summed E-state index contributed by atoms with van der Waals surface area (Å²) in [7, 11) is 0. The van der Waals surface area contributed by atoms with Gasteiger partial charge in [-0.15, -0.1) is 0 Å². The van der Waals surface area contributed by atoms with Crippen molar-refractivity contribution in [3.05, 3.63) is 29.5 Å². The predicted molar refractivity (Wildman–Crippen MR) is 85.8 cm³/mol. The van der Waals surface area contributed by atoms with Gasteiger partial charge in [-0.25, -0.2) is 9.98 Å². The molecule has 0 aromatic carbocycles. The number of hydrogen-bond donors (Lipinski definition) is 3. The van der Waals surface area contributed by atoms with Crippen molar-refractivity contribution in [2.75, 3.05) is 31.1 Å². The number of anilines is 1. The molecule has 1 aromatic rings. The van der Waals surface area contributed by atoms with Crippen LogP contribution in [-0.4, -0.2) is 49.3 Å². The van der Waals surface area contributed by atoms with E-state index in [2.05, 4.69) is 20.2 Å². The van der Waals surface area contributed by atoms with Gasteiger partial charge in [0.05, 0.1) is 17.0 Å². The number of rotatable bonds is 4. The maximum atomic E-state index is 7.50. The van der Waals surface area contributed by atoms with Gasteiger partial charge in [-0.2, -0.15) is 0 Å². The summed E-state index contributed by atoms with van der Waals surface area (Å²) in [5, 5.41) is 18.1. The van der Waals surface area contributed by atoms with Gasteiger partial charge in [-0.1, -0.05) is 0 Å². The average Bonchev–Trinajstić information content (AvgIpc) is 2.76. The highest BCUT2D eigenvalue weighted by atomic mass is 15.2. The first-order chi connectivity index (χ1) is 10.3. The minimum absolute atomic E-state index is 0.652. The van der Waals surface area contributed by atoms with Gasteiger partial charge >= 0.3 is 0 Å². The largest absolute Gasteiger partial charge is 0.370 e. The monoisotopic (exact) mass is 282 g/mol. The second-order valence-electron chi connectivity index (χ2n) is 5.01. The fourth-order valence-electron chi connectivity index (χ4n) is 2.71. The number of nitrogens with one attached hydrogen (secondary N) is 3. The third-order valence-electron chi connectivity index (χ3n) is 3.74. The molecule has 0 atom stereocenters. The summed E-state index contributed by atoms with van der Waals surface area (Å²) >= 11 is 0. The molecule has 108 valence electrons. The van der Waals surface area contributed by atoms with E-state index in [-0.39, 0.29) is 0 Å². The highest BCUT2D eigenvalue weighted by molar-refractivity contribution is 6.32. The van der Waals surface area contributed by atoms with Gasteiger partial charge in [0.2, 0.25) is 0 Å². The molecule has 1 aromatic heterocycles. The molecule has 2 aliphatic rings. The quantitative estimate of drug-likeness (QED) is 0.732. The first-order valence-corrected chi connectivity index (χ1v) is 7.10. The number of allylic oxidation sites excluding steroid dienone is 2. The normalized spacial score (nSPS) is 18.2. The van der Waals surface area contributed by atoms with Gasteiger partial charge < -0.3 is 21.0 Å². The van der Waals surface area contributed by atoms with Gasteiger partial charge in [0.1, 0.15) is 0 Å². The van der Waals surface area contributed by atoms with E-state index in [1.165, 1.54) is 12.4 Å². The molecule has 3 rings (SSSR count). The Morgan fingerprint density at radius 1 is 1.29 bits per heavy atom. The molecule has 6 heteroatoms. The van der Waals surface area contributed by atoms with Crippen LogP contribution in [-0.2, 0) is 0 Å². The molecular formula is C15H18N6. The SMILES string of the molecule is N=C/C=C(\C=N)C1=Nc2nccc(N3CCCNCC3)c21. The van der Waals surface area contributed by atoms with Crippen molar-refractivity contribution in [3.8, 4) is 0 Å². The fraction of sp³-hybridized carbons (Fsp3) is 0.333. The smallest absolute Gasteiger partial charge is 0.164 e. The van der Waals surface area contributed by atoms with Gasteiger partial charge in [0, 0.05) is 43.8 Å². The van der Waals surface area contributed by atoms with Crippen LogP contribution in [0.15, 0.2) is 28.9 Å². The van der Waals surface area contributed by atoms with Crippen LogP contribution in [0.2, 0.25) is 0 Å². The van der Waals surface area contributed by atoms with E-state index in [0.717, 1.165) is 55.4 Å². The van der Waals surface area contributed by atoms with Crippen LogP contribution < -0.4 is 10.2 Å². The molecule has 21 heavy (non-hydrogen) atoms. The predicted octanol–water partition coefficient (Wildman–Crippen LogP) is 1.54. The average molecular weight is 282 g/mol. The first kappa shape index (κ1) is 13.6. The number of fused-ring (bicyclic) bond motifs is 1. The minimum Gasteiger partial charge on any atom is -0.370 e. The molecule has 1 saturated heterocycles. The first-order valence-electron chi connectivity index (χ1n) is 7.10. The van der Waals surface area contributed by atoms with Crippen LogP contribution in [0.4, 0.5) is 11.5 Å². The van der Waals surface area contributed by atoms with Crippen molar-refractivity contribution in [2.24, 2.45) is 4.99 Å². The number of aliphatic imine (C=N–C) groups is 1. The molecule has 0 aliphatic carbocycles. The van der Waals surface area contributed by atoms with Gasteiger partial charge in [0.15, 0.2) is 5.82 Å². The second kappa shape index (κ2) is 5.97. The van der Waals surface area contributed by atoms with E-state index in [9.17, 15) is 0 Å². The summed E-state index contributed by atoms with van der Waals surface area (Å²) in [4.78, 5) is 11.0. The molecule has 0 bridgehead atoms. The van der Waals surface area contributed by atoms with Gasteiger partial charge in [-0.3, -0.25) is 0 Å². The standard InChI is InChI=1S/C15H18N6/c16-4-2-11(10-17)14-13-12(3-6-19-15(13)20-14)21-8-1-5-18-7-9-21/h2-4,6,10,16-18H,1,5,7-9H2/b11-2+,16-4?,17-10?. The lowest BCUT2D eigenvalue weighted by Crippen LogP contribution is -2.30. The second-order valence-corrected chi connectivity index (χ2v) is 5.01. The summed E-state index contributed by atoms with van der Waals surface area (Å²) in [5.74, 6) is 0.734. The highest BCUT2D eigenvalue weighted by Gasteiger charge is 2.28. The Kier molecular flexibility index (Phi) is 3.87. The van der Waals surface area contributed by atoms with Crippen molar-refractivity contribution in [1.82, 2.24) is 10.3 Å². The van der Waals surface area contributed by atoms with E-state index in [1.54, 1.807) is 12.3 Å². The summed E-state index contributed by atoms with van der Waals surface area (Å²) in [6.07, 6.45) is 6.92. The highest BCUT2D eigenvalue weighted by Crippen LogP contribution is 2.37.